The molecular weight excluding hydrogens is 386 g/mol. The van der Waals surface area contributed by atoms with Crippen molar-refractivity contribution in [1.82, 2.24) is 10.6 Å². The minimum absolute atomic E-state index is 0.359. The van der Waals surface area contributed by atoms with Gasteiger partial charge in [0, 0.05) is 11.8 Å². The van der Waals surface area contributed by atoms with Crippen molar-refractivity contribution in [2.45, 2.75) is 19.9 Å². The average molecular weight is 411 g/mol. The lowest BCUT2D eigenvalue weighted by molar-refractivity contribution is -0.113. The molecule has 0 saturated heterocycles. The molecule has 0 unspecified atom stereocenters. The van der Waals surface area contributed by atoms with Crippen LogP contribution in [0.2, 0.25) is 0 Å². The zero-order chi connectivity index (χ0) is 21.7. The summed E-state index contributed by atoms with van der Waals surface area (Å²) in [4.78, 5) is 25.3. The van der Waals surface area contributed by atoms with Crippen LogP contribution in [-0.4, -0.2) is 32.8 Å². The van der Waals surface area contributed by atoms with Gasteiger partial charge >= 0.3 is 6.03 Å². The lowest BCUT2D eigenvalue weighted by atomic mass is 9.94. The van der Waals surface area contributed by atoms with E-state index in [1.54, 1.807) is 32.2 Å². The number of urea groups is 1. The fraction of sp³-hybridized carbons (Fsp3) is 0.273. The molecule has 3 rings (SSSR count). The number of ether oxygens (including phenoxy) is 3. The van der Waals surface area contributed by atoms with Crippen LogP contribution in [0, 0.1) is 0 Å². The van der Waals surface area contributed by atoms with Gasteiger partial charge in [-0.1, -0.05) is 12.1 Å². The second kappa shape index (κ2) is 9.21. The van der Waals surface area contributed by atoms with E-state index in [1.165, 1.54) is 7.11 Å². The van der Waals surface area contributed by atoms with E-state index in [9.17, 15) is 9.59 Å². The summed E-state index contributed by atoms with van der Waals surface area (Å²) in [5.74, 6) is 1.43. The summed E-state index contributed by atoms with van der Waals surface area (Å²) in [6, 6.07) is 11.4. The van der Waals surface area contributed by atoms with Gasteiger partial charge < -0.3 is 30.2 Å². The van der Waals surface area contributed by atoms with Crippen LogP contribution in [0.25, 0.3) is 0 Å². The first-order valence-corrected chi connectivity index (χ1v) is 9.51. The highest BCUT2D eigenvalue weighted by molar-refractivity contribution is 6.07. The molecule has 3 N–H and O–H groups in total. The summed E-state index contributed by atoms with van der Waals surface area (Å²) in [6.07, 6.45) is 0. The third-order valence-corrected chi connectivity index (χ3v) is 4.70. The Bertz CT molecular complexity index is 969. The van der Waals surface area contributed by atoms with Crippen LogP contribution in [0.1, 0.15) is 25.5 Å². The van der Waals surface area contributed by atoms with E-state index >= 15 is 0 Å². The van der Waals surface area contributed by atoms with Gasteiger partial charge in [0.1, 0.15) is 17.2 Å². The molecule has 3 amide bonds. The van der Waals surface area contributed by atoms with Crippen molar-refractivity contribution >= 4 is 17.6 Å². The highest BCUT2D eigenvalue weighted by Crippen LogP contribution is 2.32. The number of benzene rings is 2. The van der Waals surface area contributed by atoms with Crippen molar-refractivity contribution < 1.29 is 23.8 Å². The minimum Gasteiger partial charge on any atom is -0.497 e. The molecule has 0 radical (unpaired) electrons. The predicted molar refractivity (Wildman–Crippen MR) is 113 cm³/mol. The van der Waals surface area contributed by atoms with E-state index in [4.69, 9.17) is 14.2 Å². The smallest absolute Gasteiger partial charge is 0.319 e. The van der Waals surface area contributed by atoms with E-state index < -0.39 is 6.04 Å². The number of hydrogen-bond acceptors (Lipinski definition) is 5. The largest absolute Gasteiger partial charge is 0.497 e. The number of nitrogens with one attached hydrogen (secondary N) is 3. The molecule has 2 aromatic carbocycles. The zero-order valence-electron chi connectivity index (χ0n) is 17.4. The van der Waals surface area contributed by atoms with Crippen LogP contribution in [0.15, 0.2) is 53.7 Å². The van der Waals surface area contributed by atoms with Gasteiger partial charge in [-0.15, -0.1) is 0 Å². The molecule has 0 spiro atoms. The van der Waals surface area contributed by atoms with Crippen molar-refractivity contribution in [3.8, 4) is 17.2 Å². The van der Waals surface area contributed by atoms with Gasteiger partial charge in [-0.3, -0.25) is 4.79 Å². The third-order valence-electron chi connectivity index (χ3n) is 4.70. The molecular formula is C22H25N3O5. The number of methoxy groups -OCH3 is 2. The first-order valence-electron chi connectivity index (χ1n) is 9.51. The van der Waals surface area contributed by atoms with Crippen molar-refractivity contribution in [2.75, 3.05) is 26.1 Å². The molecule has 0 aliphatic carbocycles. The Balaban J connectivity index is 1.91. The predicted octanol–water partition coefficient (Wildman–Crippen LogP) is 3.37. The topological polar surface area (TPSA) is 97.9 Å². The first kappa shape index (κ1) is 21.0. The Morgan fingerprint density at radius 1 is 1.07 bits per heavy atom. The Labute approximate surface area is 175 Å². The third kappa shape index (κ3) is 4.48. The van der Waals surface area contributed by atoms with Gasteiger partial charge in [-0.2, -0.15) is 0 Å². The molecule has 1 heterocycles. The van der Waals surface area contributed by atoms with Crippen LogP contribution in [0.4, 0.5) is 10.5 Å². The SMILES string of the molecule is CCOc1ccc([C@@H]2NC(=O)NC(C)=C2C(=O)Nc2ccc(OC)cc2OC)cc1. The summed E-state index contributed by atoms with van der Waals surface area (Å²) in [6.45, 7) is 4.16. The number of amides is 3. The molecule has 0 bridgehead atoms. The molecule has 0 aromatic heterocycles. The van der Waals surface area contributed by atoms with E-state index in [-0.39, 0.29) is 11.9 Å². The van der Waals surface area contributed by atoms with E-state index in [1.807, 2.05) is 31.2 Å². The number of allylic oxidation sites excluding steroid dienone is 1. The molecule has 158 valence electrons. The average Bonchev–Trinajstić information content (AvgIpc) is 2.74. The fourth-order valence-electron chi connectivity index (χ4n) is 3.26. The summed E-state index contributed by atoms with van der Waals surface area (Å²) in [7, 11) is 3.07. The standard InChI is InChI=1S/C22H25N3O5/c1-5-30-15-8-6-14(7-9-15)20-19(13(2)23-22(27)25-20)21(26)24-17-11-10-16(28-3)12-18(17)29-4/h6-12,20H,5H2,1-4H3,(H,24,26)(H2,23,25,27)/t20-/m0/s1. The number of rotatable bonds is 7. The summed E-state index contributed by atoms with van der Waals surface area (Å²) in [5, 5.41) is 8.35. The summed E-state index contributed by atoms with van der Waals surface area (Å²) >= 11 is 0. The number of anilines is 1. The van der Waals surface area contributed by atoms with Crippen molar-refractivity contribution in [3.63, 3.8) is 0 Å². The van der Waals surface area contributed by atoms with Crippen LogP contribution < -0.4 is 30.2 Å². The maximum absolute atomic E-state index is 13.2. The number of hydrogen-bond donors (Lipinski definition) is 3. The molecule has 1 aliphatic heterocycles. The quantitative estimate of drug-likeness (QED) is 0.649. The second-order valence-electron chi connectivity index (χ2n) is 6.59. The van der Waals surface area contributed by atoms with Gasteiger partial charge in [0.05, 0.1) is 38.1 Å². The van der Waals surface area contributed by atoms with Crippen LogP contribution in [0.3, 0.4) is 0 Å². The van der Waals surface area contributed by atoms with Crippen molar-refractivity contribution in [3.05, 3.63) is 59.3 Å². The van der Waals surface area contributed by atoms with Crippen LogP contribution >= 0.6 is 0 Å². The zero-order valence-corrected chi connectivity index (χ0v) is 17.4. The molecule has 0 fully saturated rings. The molecule has 8 nitrogen and oxygen atoms in total. The van der Waals surface area contributed by atoms with Crippen molar-refractivity contribution in [2.24, 2.45) is 0 Å². The second-order valence-corrected chi connectivity index (χ2v) is 6.59. The number of carbonyl (C=O) groups is 2. The molecule has 8 heteroatoms. The van der Waals surface area contributed by atoms with E-state index in [0.29, 0.717) is 35.1 Å². The summed E-state index contributed by atoms with van der Waals surface area (Å²) < 4.78 is 16.0. The number of carbonyl (C=O) groups excluding carboxylic acids is 2. The Morgan fingerprint density at radius 3 is 2.40 bits per heavy atom. The fourth-order valence-corrected chi connectivity index (χ4v) is 3.26. The normalized spacial score (nSPS) is 15.7. The molecule has 0 saturated carbocycles. The highest BCUT2D eigenvalue weighted by Gasteiger charge is 2.31. The van der Waals surface area contributed by atoms with Crippen LogP contribution in [-0.2, 0) is 4.79 Å². The summed E-state index contributed by atoms with van der Waals surface area (Å²) in [5.41, 5.74) is 2.13. The van der Waals surface area contributed by atoms with Gasteiger partial charge in [-0.05, 0) is 43.7 Å². The van der Waals surface area contributed by atoms with Gasteiger partial charge in [0.15, 0.2) is 0 Å². The maximum Gasteiger partial charge on any atom is 0.319 e. The molecule has 1 atom stereocenters. The monoisotopic (exact) mass is 411 g/mol. The lowest BCUT2D eigenvalue weighted by Gasteiger charge is -2.29. The Morgan fingerprint density at radius 2 is 1.77 bits per heavy atom. The first-order chi connectivity index (χ1) is 14.5. The van der Waals surface area contributed by atoms with E-state index in [0.717, 1.165) is 11.3 Å². The lowest BCUT2D eigenvalue weighted by Crippen LogP contribution is -2.45. The highest BCUT2D eigenvalue weighted by atomic mass is 16.5. The maximum atomic E-state index is 13.2. The van der Waals surface area contributed by atoms with Gasteiger partial charge in [0.2, 0.25) is 0 Å². The van der Waals surface area contributed by atoms with Crippen LogP contribution in [0.5, 0.6) is 17.2 Å². The minimum atomic E-state index is -0.612. The Hall–Kier alpha value is -3.68. The van der Waals surface area contributed by atoms with Gasteiger partial charge in [0.25, 0.3) is 5.91 Å². The van der Waals surface area contributed by atoms with Gasteiger partial charge in [-0.25, -0.2) is 4.79 Å². The molecule has 1 aliphatic rings. The molecule has 2 aromatic rings. The van der Waals surface area contributed by atoms with Crippen molar-refractivity contribution in [1.29, 1.82) is 0 Å². The van der Waals surface area contributed by atoms with E-state index in [2.05, 4.69) is 16.0 Å². The molecule has 30 heavy (non-hydrogen) atoms. The Kier molecular flexibility index (Phi) is 6.46.